The highest BCUT2D eigenvalue weighted by Gasteiger charge is 2.15. The maximum absolute atomic E-state index is 12.7. The minimum atomic E-state index is -3.02. The smallest absolute Gasteiger partial charge is 0.387 e. The van der Waals surface area contributed by atoms with Crippen molar-refractivity contribution in [2.24, 2.45) is 5.10 Å². The topological polar surface area (TPSA) is 64.8 Å². The number of hydrogen-bond donors (Lipinski definition) is 1. The summed E-state index contributed by atoms with van der Waals surface area (Å²) in [5.74, 6) is -0.473. The first kappa shape index (κ1) is 19.1. The van der Waals surface area contributed by atoms with Crippen LogP contribution in [0.3, 0.4) is 0 Å². The van der Waals surface area contributed by atoms with Crippen LogP contribution in [-0.4, -0.2) is 30.4 Å². The van der Waals surface area contributed by atoms with Gasteiger partial charge in [-0.3, -0.25) is 4.79 Å². The second kappa shape index (κ2) is 8.81. The maximum Gasteiger partial charge on any atom is 0.387 e. The molecule has 28 heavy (non-hydrogen) atoms. The van der Waals surface area contributed by atoms with Gasteiger partial charge in [-0.2, -0.15) is 13.9 Å². The van der Waals surface area contributed by atoms with Crippen LogP contribution in [0.5, 0.6) is 11.5 Å². The number of methoxy groups -OCH3 is 1. The molecular weight excluding hydrogens is 368 g/mol. The molecule has 0 aliphatic carbocycles. The minimum Gasteiger partial charge on any atom is -0.493 e. The number of nitrogens with one attached hydrogen (secondary N) is 1. The summed E-state index contributed by atoms with van der Waals surface area (Å²) in [6.07, 6.45) is 4.86. The summed E-state index contributed by atoms with van der Waals surface area (Å²) in [5.41, 5.74) is 3.73. The Labute approximate surface area is 160 Å². The first-order chi connectivity index (χ1) is 13.6. The van der Waals surface area contributed by atoms with Gasteiger partial charge in [0.25, 0.3) is 5.91 Å². The molecular formula is C20H17F2N3O3. The number of hydrazone groups is 1. The highest BCUT2D eigenvalue weighted by Crippen LogP contribution is 2.31. The van der Waals surface area contributed by atoms with E-state index in [2.05, 4.69) is 15.3 Å². The number of amides is 1. The Hall–Kier alpha value is -3.68. The molecule has 0 spiro atoms. The van der Waals surface area contributed by atoms with Crippen molar-refractivity contribution in [3.05, 3.63) is 78.1 Å². The monoisotopic (exact) mass is 385 g/mol. The molecule has 0 bridgehead atoms. The number of halogens is 2. The van der Waals surface area contributed by atoms with Crippen molar-refractivity contribution in [1.29, 1.82) is 0 Å². The van der Waals surface area contributed by atoms with Crippen LogP contribution in [0.2, 0.25) is 0 Å². The van der Waals surface area contributed by atoms with Gasteiger partial charge in [-0.1, -0.05) is 18.2 Å². The third-order valence-electron chi connectivity index (χ3n) is 3.84. The molecule has 3 aromatic rings. The third-order valence-corrected chi connectivity index (χ3v) is 3.84. The van der Waals surface area contributed by atoms with E-state index in [1.54, 1.807) is 28.8 Å². The van der Waals surface area contributed by atoms with E-state index in [-0.39, 0.29) is 17.1 Å². The van der Waals surface area contributed by atoms with E-state index in [4.69, 9.17) is 4.74 Å². The summed E-state index contributed by atoms with van der Waals surface area (Å²) < 4.78 is 36.7. The molecule has 0 aliphatic heterocycles. The number of rotatable bonds is 7. The first-order valence-corrected chi connectivity index (χ1v) is 8.27. The Balaban J connectivity index is 1.80. The minimum absolute atomic E-state index is 0.133. The molecule has 0 saturated carbocycles. The van der Waals surface area contributed by atoms with E-state index in [1.165, 1.54) is 25.5 Å². The van der Waals surface area contributed by atoms with E-state index in [0.29, 0.717) is 11.3 Å². The van der Waals surface area contributed by atoms with Crippen LogP contribution in [0.25, 0.3) is 5.69 Å². The van der Waals surface area contributed by atoms with Crippen molar-refractivity contribution in [2.75, 3.05) is 7.11 Å². The van der Waals surface area contributed by atoms with Crippen LogP contribution in [-0.2, 0) is 0 Å². The van der Waals surface area contributed by atoms with E-state index in [0.717, 1.165) is 0 Å². The van der Waals surface area contributed by atoms with Gasteiger partial charge in [0.15, 0.2) is 11.5 Å². The fourth-order valence-corrected chi connectivity index (χ4v) is 2.62. The predicted octanol–water partition coefficient (Wildman–Crippen LogP) is 3.85. The maximum atomic E-state index is 12.7. The SMILES string of the molecule is COc1cccc(/C=N\NC(=O)c2ccccc2-n2cccc2)c1OC(F)F. The number of carbonyl (C=O) groups is 1. The number of hydrogen-bond acceptors (Lipinski definition) is 4. The molecule has 6 nitrogen and oxygen atoms in total. The predicted molar refractivity (Wildman–Crippen MR) is 100 cm³/mol. The zero-order valence-corrected chi connectivity index (χ0v) is 14.9. The molecule has 0 radical (unpaired) electrons. The summed E-state index contributed by atoms with van der Waals surface area (Å²) in [5, 5.41) is 3.87. The van der Waals surface area contributed by atoms with Crippen molar-refractivity contribution in [3.63, 3.8) is 0 Å². The van der Waals surface area contributed by atoms with Crippen LogP contribution in [0.15, 0.2) is 72.1 Å². The lowest BCUT2D eigenvalue weighted by molar-refractivity contribution is -0.0513. The fraction of sp³-hybridized carbons (Fsp3) is 0.100. The molecule has 1 amide bonds. The molecule has 3 rings (SSSR count). The van der Waals surface area contributed by atoms with E-state index >= 15 is 0 Å². The van der Waals surface area contributed by atoms with E-state index in [1.807, 2.05) is 30.6 Å². The average Bonchev–Trinajstić information content (AvgIpc) is 3.23. The van der Waals surface area contributed by atoms with E-state index in [9.17, 15) is 13.6 Å². The number of nitrogens with zero attached hydrogens (tertiary/aromatic N) is 2. The van der Waals surface area contributed by atoms with Crippen LogP contribution in [0.1, 0.15) is 15.9 Å². The summed E-state index contributed by atoms with van der Waals surface area (Å²) in [6.45, 7) is -3.02. The Morgan fingerprint density at radius 1 is 1.11 bits per heavy atom. The zero-order valence-electron chi connectivity index (χ0n) is 14.9. The lowest BCUT2D eigenvalue weighted by atomic mass is 10.1. The first-order valence-electron chi connectivity index (χ1n) is 8.27. The van der Waals surface area contributed by atoms with Gasteiger partial charge in [0, 0.05) is 18.0 Å². The molecule has 0 saturated heterocycles. The van der Waals surface area contributed by atoms with E-state index < -0.39 is 12.5 Å². The molecule has 1 N–H and O–H groups in total. The standard InChI is InChI=1S/C20H17F2N3O3/c1-27-17-10-6-7-14(18(17)28-20(21)22)13-23-24-19(26)15-8-2-3-9-16(15)25-11-4-5-12-25/h2-13,20H,1H3,(H,24,26)/b23-13-. The Morgan fingerprint density at radius 2 is 1.86 bits per heavy atom. The number of carbonyl (C=O) groups excluding carboxylic acids is 1. The highest BCUT2D eigenvalue weighted by molar-refractivity contribution is 5.98. The largest absolute Gasteiger partial charge is 0.493 e. The van der Waals surface area contributed by atoms with Gasteiger partial charge >= 0.3 is 6.61 Å². The lowest BCUT2D eigenvalue weighted by Crippen LogP contribution is -2.19. The quantitative estimate of drug-likeness (QED) is 0.496. The molecule has 1 aromatic heterocycles. The third kappa shape index (κ3) is 4.35. The van der Waals surface area contributed by atoms with Gasteiger partial charge in [-0.15, -0.1) is 0 Å². The average molecular weight is 385 g/mol. The van der Waals surface area contributed by atoms with Gasteiger partial charge in [0.05, 0.1) is 24.6 Å². The van der Waals surface area contributed by atoms with Crippen molar-refractivity contribution in [3.8, 4) is 17.2 Å². The van der Waals surface area contributed by atoms with Crippen molar-refractivity contribution in [2.45, 2.75) is 6.61 Å². The number of para-hydroxylation sites is 2. The van der Waals surface area contributed by atoms with Gasteiger partial charge < -0.3 is 14.0 Å². The second-order valence-electron chi connectivity index (χ2n) is 5.56. The number of alkyl halides is 2. The summed E-state index contributed by atoms with van der Waals surface area (Å²) in [4.78, 5) is 12.5. The Morgan fingerprint density at radius 3 is 2.57 bits per heavy atom. The Kier molecular flexibility index (Phi) is 6.01. The molecule has 2 aromatic carbocycles. The molecule has 0 atom stereocenters. The van der Waals surface area contributed by atoms with Crippen LogP contribution in [0.4, 0.5) is 8.78 Å². The van der Waals surface area contributed by atoms with Crippen molar-refractivity contribution >= 4 is 12.1 Å². The zero-order chi connectivity index (χ0) is 19.9. The normalized spacial score (nSPS) is 11.0. The summed E-state index contributed by atoms with van der Waals surface area (Å²) >= 11 is 0. The second-order valence-corrected chi connectivity index (χ2v) is 5.56. The summed E-state index contributed by atoms with van der Waals surface area (Å²) in [6, 6.07) is 15.3. The lowest BCUT2D eigenvalue weighted by Gasteiger charge is -2.12. The van der Waals surface area contributed by atoms with Crippen LogP contribution >= 0.6 is 0 Å². The molecule has 0 fully saturated rings. The summed E-state index contributed by atoms with van der Waals surface area (Å²) in [7, 11) is 1.34. The highest BCUT2D eigenvalue weighted by atomic mass is 19.3. The van der Waals surface area contributed by atoms with Crippen molar-refractivity contribution in [1.82, 2.24) is 9.99 Å². The van der Waals surface area contributed by atoms with Crippen LogP contribution < -0.4 is 14.9 Å². The van der Waals surface area contributed by atoms with Crippen LogP contribution in [0, 0.1) is 0 Å². The molecule has 144 valence electrons. The number of aromatic nitrogens is 1. The van der Waals surface area contributed by atoms with Gasteiger partial charge in [0.1, 0.15) is 0 Å². The number of ether oxygens (including phenoxy) is 2. The fourth-order valence-electron chi connectivity index (χ4n) is 2.62. The molecule has 8 heteroatoms. The van der Waals surface area contributed by atoms with Crippen molar-refractivity contribution < 1.29 is 23.0 Å². The molecule has 1 heterocycles. The van der Waals surface area contributed by atoms with Gasteiger partial charge in [-0.25, -0.2) is 5.43 Å². The van der Waals surface area contributed by atoms with Gasteiger partial charge in [0.2, 0.25) is 0 Å². The number of benzene rings is 2. The molecule has 0 aliphatic rings. The Bertz CT molecular complexity index is 973. The molecule has 0 unspecified atom stereocenters. The van der Waals surface area contributed by atoms with Gasteiger partial charge in [-0.05, 0) is 36.4 Å².